The summed E-state index contributed by atoms with van der Waals surface area (Å²) in [7, 11) is -3.87. The third kappa shape index (κ3) is 2.21. The lowest BCUT2D eigenvalue weighted by Crippen LogP contribution is -1.95. The van der Waals surface area contributed by atoms with Gasteiger partial charge in [-0.15, -0.1) is 0 Å². The molecule has 0 fully saturated rings. The zero-order chi connectivity index (χ0) is 9.90. The van der Waals surface area contributed by atoms with Crippen molar-refractivity contribution in [3.8, 4) is 0 Å². The number of nitrogens with zero attached hydrogens (tertiary/aromatic N) is 1. The summed E-state index contributed by atoms with van der Waals surface area (Å²) in [5.74, 6) is -0.530. The first-order valence-corrected chi connectivity index (χ1v) is 4.64. The highest BCUT2D eigenvalue weighted by Crippen LogP contribution is 2.11. The van der Waals surface area contributed by atoms with Crippen LogP contribution >= 0.6 is 0 Å². The zero-order valence-corrected chi connectivity index (χ0v) is 7.18. The molecule has 6 heteroatoms. The highest BCUT2D eigenvalue weighted by Gasteiger charge is 2.10. The maximum Gasteiger partial charge on any atom is 0.291 e. The van der Waals surface area contributed by atoms with E-state index in [0.717, 1.165) is 24.3 Å². The maximum absolute atomic E-state index is 12.4. The molecule has 0 aliphatic rings. The fourth-order valence-corrected chi connectivity index (χ4v) is 1.42. The molecule has 0 saturated heterocycles. The largest absolute Gasteiger partial charge is 0.291 e. The smallest absolute Gasteiger partial charge is 0.241 e. The van der Waals surface area contributed by atoms with Crippen LogP contribution in [-0.4, -0.2) is 14.4 Å². The van der Waals surface area contributed by atoms with Gasteiger partial charge >= 0.3 is 0 Å². The Bertz CT molecular complexity index is 446. The number of sulfonamides is 1. The average molecular weight is 200 g/mol. The molecule has 1 aromatic carbocycles. The second-order valence-corrected chi connectivity index (χ2v) is 3.74. The van der Waals surface area contributed by atoms with Gasteiger partial charge in [0.2, 0.25) is 0 Å². The molecule has 0 spiro atoms. The first kappa shape index (κ1) is 9.57. The summed E-state index contributed by atoms with van der Waals surface area (Å²) in [6, 6.07) is 5.58. The fraction of sp³-hybridized carbons (Fsp3) is 0. The molecule has 0 saturated carbocycles. The predicted molar refractivity (Wildman–Crippen MR) is 43.7 cm³/mol. The highest BCUT2D eigenvalue weighted by molar-refractivity contribution is 7.90. The van der Waals surface area contributed by atoms with E-state index in [4.69, 9.17) is 5.41 Å². The Morgan fingerprint density at radius 3 is 2.31 bits per heavy atom. The van der Waals surface area contributed by atoms with E-state index in [1.807, 2.05) is 0 Å². The lowest BCUT2D eigenvalue weighted by Gasteiger charge is -1.94. The van der Waals surface area contributed by atoms with Crippen molar-refractivity contribution in [1.29, 1.82) is 5.41 Å². The second-order valence-electron chi connectivity index (χ2n) is 2.13. The number of hydrogen-bond acceptors (Lipinski definition) is 3. The maximum atomic E-state index is 12.4. The summed E-state index contributed by atoms with van der Waals surface area (Å²) in [6.07, 6.45) is 0. The molecule has 0 amide bonds. The van der Waals surface area contributed by atoms with Crippen molar-refractivity contribution in [2.24, 2.45) is 4.40 Å². The quantitative estimate of drug-likeness (QED) is 0.730. The lowest BCUT2D eigenvalue weighted by atomic mass is 10.4. The second kappa shape index (κ2) is 3.47. The normalized spacial score (nSPS) is 10.5. The minimum atomic E-state index is -3.87. The Labute approximate surface area is 74.3 Å². The van der Waals surface area contributed by atoms with Gasteiger partial charge < -0.3 is 0 Å². The van der Waals surface area contributed by atoms with Gasteiger partial charge in [0.1, 0.15) is 11.8 Å². The van der Waals surface area contributed by atoms with Crippen LogP contribution in [0.3, 0.4) is 0 Å². The molecule has 1 rings (SSSR count). The average Bonchev–Trinajstić information content (AvgIpc) is 2.05. The molecule has 68 valence electrons. The monoisotopic (exact) mass is 200 g/mol. The van der Waals surface area contributed by atoms with Crippen molar-refractivity contribution in [2.45, 2.75) is 4.90 Å². The minimum absolute atomic E-state index is 0.159. The number of rotatable bonds is 2. The summed E-state index contributed by atoms with van der Waals surface area (Å²) in [6.45, 7) is 0. The van der Waals surface area contributed by atoms with Gasteiger partial charge in [0.25, 0.3) is 10.0 Å². The summed E-state index contributed by atoms with van der Waals surface area (Å²) in [4.78, 5) is -0.159. The van der Waals surface area contributed by atoms with Gasteiger partial charge in [-0.3, -0.25) is 0 Å². The van der Waals surface area contributed by atoms with Crippen LogP contribution < -0.4 is 0 Å². The Kier molecular flexibility index (Phi) is 2.55. The molecule has 0 aliphatic carbocycles. The van der Waals surface area contributed by atoms with Gasteiger partial charge in [0.15, 0.2) is 0 Å². The summed E-state index contributed by atoms with van der Waals surface area (Å²) >= 11 is 0. The van der Waals surface area contributed by atoms with E-state index >= 15 is 0 Å². The Hall–Kier alpha value is -1.52. The van der Waals surface area contributed by atoms with Crippen LogP contribution in [0.2, 0.25) is 0 Å². The SMILES string of the molecule is N=C=NS(=O)(=O)c1ccc(F)cc1. The van der Waals surface area contributed by atoms with Crippen LogP contribution in [0.1, 0.15) is 0 Å². The van der Waals surface area contributed by atoms with Crippen LogP contribution in [-0.2, 0) is 10.0 Å². The Morgan fingerprint density at radius 1 is 1.31 bits per heavy atom. The molecule has 0 aliphatic heterocycles. The molecule has 4 nitrogen and oxygen atoms in total. The van der Waals surface area contributed by atoms with Crippen molar-refractivity contribution < 1.29 is 12.8 Å². The van der Waals surface area contributed by atoms with E-state index in [0.29, 0.717) is 0 Å². The number of benzene rings is 1. The third-order valence-corrected chi connectivity index (χ3v) is 2.48. The summed E-state index contributed by atoms with van der Waals surface area (Å²) in [5.41, 5.74) is 0. The molecule has 1 N–H and O–H groups in total. The lowest BCUT2D eigenvalue weighted by molar-refractivity contribution is 0.597. The zero-order valence-electron chi connectivity index (χ0n) is 6.36. The Balaban J connectivity index is 3.24. The van der Waals surface area contributed by atoms with Gasteiger partial charge in [-0.2, -0.15) is 8.42 Å². The van der Waals surface area contributed by atoms with E-state index in [-0.39, 0.29) is 4.90 Å². The van der Waals surface area contributed by atoms with Gasteiger partial charge in [-0.05, 0) is 24.3 Å². The van der Waals surface area contributed by atoms with Crippen molar-refractivity contribution in [3.63, 3.8) is 0 Å². The van der Waals surface area contributed by atoms with Crippen molar-refractivity contribution in [2.75, 3.05) is 0 Å². The van der Waals surface area contributed by atoms with E-state index < -0.39 is 15.8 Å². The van der Waals surface area contributed by atoms with Crippen LogP contribution in [0.25, 0.3) is 0 Å². The molecule has 0 bridgehead atoms. The molecular weight excluding hydrogens is 195 g/mol. The number of halogens is 1. The molecule has 0 aromatic heterocycles. The highest BCUT2D eigenvalue weighted by atomic mass is 32.2. The fourth-order valence-electron chi connectivity index (χ4n) is 0.719. The predicted octanol–water partition coefficient (Wildman–Crippen LogP) is 1.27. The molecule has 0 unspecified atom stereocenters. The van der Waals surface area contributed by atoms with Crippen molar-refractivity contribution in [1.82, 2.24) is 0 Å². The van der Waals surface area contributed by atoms with E-state index in [1.54, 1.807) is 0 Å². The van der Waals surface area contributed by atoms with Crippen molar-refractivity contribution >= 4 is 16.0 Å². The molecule has 13 heavy (non-hydrogen) atoms. The standard InChI is InChI=1S/C7H5FN2O2S/c8-6-1-3-7(4-2-6)13(11,12)10-5-9/h1-4,9H. The van der Waals surface area contributed by atoms with Gasteiger partial charge in [-0.1, -0.05) is 4.40 Å². The van der Waals surface area contributed by atoms with Gasteiger partial charge in [-0.25, -0.2) is 9.80 Å². The van der Waals surface area contributed by atoms with Crippen LogP contribution in [0.5, 0.6) is 0 Å². The number of hydrogen-bond donors (Lipinski definition) is 1. The number of nitrogens with one attached hydrogen (secondary N) is 1. The topological polar surface area (TPSA) is 70.3 Å². The van der Waals surface area contributed by atoms with Crippen LogP contribution in [0.4, 0.5) is 4.39 Å². The molecule has 0 heterocycles. The molecule has 0 atom stereocenters. The van der Waals surface area contributed by atoms with Crippen LogP contribution in [0, 0.1) is 11.2 Å². The molecular formula is C7H5FN2O2S. The van der Waals surface area contributed by atoms with E-state index in [1.165, 1.54) is 6.01 Å². The summed E-state index contributed by atoms with van der Waals surface area (Å²) < 4.78 is 37.3. The van der Waals surface area contributed by atoms with E-state index in [2.05, 4.69) is 4.40 Å². The van der Waals surface area contributed by atoms with Gasteiger partial charge in [0, 0.05) is 0 Å². The first-order valence-electron chi connectivity index (χ1n) is 3.20. The first-order chi connectivity index (χ1) is 6.06. The third-order valence-electron chi connectivity index (χ3n) is 1.28. The van der Waals surface area contributed by atoms with Gasteiger partial charge in [0.05, 0.1) is 4.90 Å². The van der Waals surface area contributed by atoms with Crippen molar-refractivity contribution in [3.05, 3.63) is 30.1 Å². The van der Waals surface area contributed by atoms with E-state index in [9.17, 15) is 12.8 Å². The molecule has 0 radical (unpaired) electrons. The van der Waals surface area contributed by atoms with Crippen LogP contribution in [0.15, 0.2) is 33.6 Å². The minimum Gasteiger partial charge on any atom is -0.241 e. The Morgan fingerprint density at radius 2 is 1.85 bits per heavy atom. The summed E-state index contributed by atoms with van der Waals surface area (Å²) in [5, 5.41) is 6.38. The molecule has 1 aromatic rings.